The topological polar surface area (TPSA) is 178 Å². The van der Waals surface area contributed by atoms with Gasteiger partial charge in [0.25, 0.3) is 0 Å². The van der Waals surface area contributed by atoms with E-state index in [-0.39, 0.29) is 12.5 Å². The van der Waals surface area contributed by atoms with Gasteiger partial charge in [-0.1, -0.05) is 34.6 Å². The minimum Gasteiger partial charge on any atom is -0.461 e. The Hall–Kier alpha value is -1.67. The van der Waals surface area contributed by atoms with Gasteiger partial charge in [-0.3, -0.25) is 14.4 Å². The number of rotatable bonds is 6. The van der Waals surface area contributed by atoms with E-state index in [0.29, 0.717) is 6.42 Å². The molecule has 2 fully saturated rings. The van der Waals surface area contributed by atoms with Crippen molar-refractivity contribution in [3.05, 3.63) is 0 Å². The van der Waals surface area contributed by atoms with Crippen molar-refractivity contribution in [2.24, 2.45) is 35.5 Å². The summed E-state index contributed by atoms with van der Waals surface area (Å²) in [4.78, 5) is 39.6. The number of carbonyl (C=O) groups excluding carboxylic acids is 3. The average molecular weight is 633 g/mol. The fraction of sp³-hybridized carbons (Fsp3) is 0.906. The van der Waals surface area contributed by atoms with Gasteiger partial charge in [-0.2, -0.15) is 0 Å². The first-order valence-electron chi connectivity index (χ1n) is 15.8. The SMILES string of the molecule is CO[C@H]1C[C@@H](C)O[C@@H](OC2[C@@H](C)[C@H](O)[C@@H](C)C(=O)O[C@H]([C@@H](C)[C@@H](C)O)[C@H](C)[C@H](OC(C)=O)[C@@H](C)C(=O)[C@@](C)(O)C[C@@H]2C)[C@@H]1O. The van der Waals surface area contributed by atoms with Crippen LogP contribution in [0.15, 0.2) is 0 Å². The Morgan fingerprint density at radius 2 is 1.57 bits per heavy atom. The van der Waals surface area contributed by atoms with E-state index in [2.05, 4.69) is 0 Å². The van der Waals surface area contributed by atoms with E-state index in [1.807, 2.05) is 6.92 Å². The van der Waals surface area contributed by atoms with Gasteiger partial charge in [0, 0.05) is 38.2 Å². The summed E-state index contributed by atoms with van der Waals surface area (Å²) in [5.41, 5.74) is -1.92. The molecule has 0 spiro atoms. The number of hydrogen-bond acceptors (Lipinski definition) is 12. The second-order valence-electron chi connectivity index (χ2n) is 13.6. The molecule has 12 heteroatoms. The number of cyclic esters (lactones) is 1. The highest BCUT2D eigenvalue weighted by molar-refractivity contribution is 5.89. The normalized spacial score (nSPS) is 44.7. The molecule has 256 valence electrons. The Kier molecular flexibility index (Phi) is 13.8. The predicted molar refractivity (Wildman–Crippen MR) is 159 cm³/mol. The van der Waals surface area contributed by atoms with Gasteiger partial charge in [0.2, 0.25) is 0 Å². The first-order valence-corrected chi connectivity index (χ1v) is 15.8. The van der Waals surface area contributed by atoms with Gasteiger partial charge in [-0.25, -0.2) is 0 Å². The minimum atomic E-state index is -1.92. The molecule has 2 heterocycles. The third-order valence-electron chi connectivity index (χ3n) is 9.71. The van der Waals surface area contributed by atoms with Gasteiger partial charge in [-0.15, -0.1) is 0 Å². The minimum absolute atomic E-state index is 0.114. The molecule has 0 aromatic rings. The maximum absolute atomic E-state index is 13.9. The molecule has 2 aliphatic rings. The molecule has 0 radical (unpaired) electrons. The van der Waals surface area contributed by atoms with E-state index < -0.39 is 108 Å². The largest absolute Gasteiger partial charge is 0.461 e. The molecule has 12 nitrogen and oxygen atoms in total. The lowest BCUT2D eigenvalue weighted by Crippen LogP contribution is -2.55. The molecule has 2 rings (SSSR count). The van der Waals surface area contributed by atoms with Crippen LogP contribution in [0.25, 0.3) is 0 Å². The quantitative estimate of drug-likeness (QED) is 0.314. The molecule has 16 atom stereocenters. The fourth-order valence-corrected chi connectivity index (χ4v) is 6.81. The Balaban J connectivity index is 2.63. The Bertz CT molecular complexity index is 969. The van der Waals surface area contributed by atoms with Crippen molar-refractivity contribution in [1.82, 2.24) is 0 Å². The lowest BCUT2D eigenvalue weighted by Gasteiger charge is -2.44. The molecule has 0 saturated carbocycles. The van der Waals surface area contributed by atoms with Crippen LogP contribution in [0.4, 0.5) is 0 Å². The molecule has 1 unspecified atom stereocenters. The smallest absolute Gasteiger partial charge is 0.311 e. The second kappa shape index (κ2) is 15.8. The van der Waals surface area contributed by atoms with E-state index in [4.69, 9.17) is 23.7 Å². The number of Topliss-reactive ketones (excluding diaryl/α,β-unsaturated/α-hetero) is 1. The van der Waals surface area contributed by atoms with E-state index in [1.165, 1.54) is 34.8 Å². The second-order valence-corrected chi connectivity index (χ2v) is 13.6. The molecule has 2 aliphatic heterocycles. The van der Waals surface area contributed by atoms with Crippen molar-refractivity contribution in [1.29, 1.82) is 0 Å². The van der Waals surface area contributed by atoms with E-state index in [1.54, 1.807) is 34.6 Å². The van der Waals surface area contributed by atoms with Crippen LogP contribution < -0.4 is 0 Å². The van der Waals surface area contributed by atoms with Gasteiger partial charge >= 0.3 is 11.9 Å². The third-order valence-corrected chi connectivity index (χ3v) is 9.71. The van der Waals surface area contributed by atoms with Crippen LogP contribution in [0.2, 0.25) is 0 Å². The summed E-state index contributed by atoms with van der Waals surface area (Å²) in [7, 11) is 1.48. The van der Waals surface area contributed by atoms with E-state index in [9.17, 15) is 34.8 Å². The molecule has 0 aromatic heterocycles. The first kappa shape index (κ1) is 38.5. The number of hydrogen-bond donors (Lipinski definition) is 4. The first-order chi connectivity index (χ1) is 20.2. The zero-order chi connectivity index (χ0) is 33.8. The summed E-state index contributed by atoms with van der Waals surface area (Å²) < 4.78 is 29.2. The summed E-state index contributed by atoms with van der Waals surface area (Å²) in [5.74, 6) is -6.84. The molecule has 2 saturated heterocycles. The van der Waals surface area contributed by atoms with Gasteiger partial charge in [0.05, 0.1) is 42.4 Å². The van der Waals surface area contributed by atoms with Gasteiger partial charge in [0.1, 0.15) is 23.9 Å². The van der Waals surface area contributed by atoms with Crippen LogP contribution in [0.5, 0.6) is 0 Å². The monoisotopic (exact) mass is 632 g/mol. The summed E-state index contributed by atoms with van der Waals surface area (Å²) in [6, 6.07) is 0. The zero-order valence-electron chi connectivity index (χ0n) is 28.1. The zero-order valence-corrected chi connectivity index (χ0v) is 28.1. The number of ketones is 1. The fourth-order valence-electron chi connectivity index (χ4n) is 6.81. The summed E-state index contributed by atoms with van der Waals surface area (Å²) in [6.07, 6.45) is -8.11. The predicted octanol–water partition coefficient (Wildman–Crippen LogP) is 2.01. The Morgan fingerprint density at radius 1 is 0.977 bits per heavy atom. The lowest BCUT2D eigenvalue weighted by atomic mass is 9.74. The average Bonchev–Trinajstić information content (AvgIpc) is 2.94. The maximum Gasteiger partial charge on any atom is 0.311 e. The highest BCUT2D eigenvalue weighted by atomic mass is 16.7. The van der Waals surface area contributed by atoms with Crippen molar-refractivity contribution in [3.63, 3.8) is 0 Å². The molecule has 0 bridgehead atoms. The molecular formula is C32H56O12. The van der Waals surface area contributed by atoms with Crippen molar-refractivity contribution in [2.75, 3.05) is 7.11 Å². The number of ether oxygens (including phenoxy) is 5. The number of aliphatic hydroxyl groups is 4. The Labute approximate surface area is 261 Å². The third kappa shape index (κ3) is 8.98. The van der Waals surface area contributed by atoms with Crippen LogP contribution in [0, 0.1) is 35.5 Å². The number of esters is 2. The van der Waals surface area contributed by atoms with E-state index in [0.717, 1.165) is 0 Å². The summed E-state index contributed by atoms with van der Waals surface area (Å²) >= 11 is 0. The van der Waals surface area contributed by atoms with Crippen molar-refractivity contribution in [3.8, 4) is 0 Å². The van der Waals surface area contributed by atoms with Crippen molar-refractivity contribution >= 4 is 17.7 Å². The summed E-state index contributed by atoms with van der Waals surface area (Å²) in [5, 5.41) is 44.5. The van der Waals surface area contributed by atoms with Gasteiger partial charge in [-0.05, 0) is 40.0 Å². The maximum atomic E-state index is 13.9. The molecule has 0 aliphatic carbocycles. The molecule has 44 heavy (non-hydrogen) atoms. The van der Waals surface area contributed by atoms with Crippen LogP contribution in [0.3, 0.4) is 0 Å². The highest BCUT2D eigenvalue weighted by Crippen LogP contribution is 2.37. The van der Waals surface area contributed by atoms with Crippen molar-refractivity contribution < 1.29 is 58.5 Å². The number of aliphatic hydroxyl groups excluding tert-OH is 3. The molecular weight excluding hydrogens is 576 g/mol. The summed E-state index contributed by atoms with van der Waals surface area (Å²) in [6.45, 7) is 15.8. The molecule has 4 N–H and O–H groups in total. The van der Waals surface area contributed by atoms with Gasteiger partial charge < -0.3 is 44.1 Å². The Morgan fingerprint density at radius 3 is 2.09 bits per heavy atom. The van der Waals surface area contributed by atoms with Crippen LogP contribution in [-0.4, -0.2) is 106 Å². The van der Waals surface area contributed by atoms with Crippen LogP contribution >= 0.6 is 0 Å². The van der Waals surface area contributed by atoms with Gasteiger partial charge in [0.15, 0.2) is 12.1 Å². The molecule has 0 amide bonds. The molecule has 0 aromatic carbocycles. The number of methoxy groups -OCH3 is 1. The number of carbonyl (C=O) groups is 3. The lowest BCUT2D eigenvalue weighted by molar-refractivity contribution is -0.294. The van der Waals surface area contributed by atoms with Crippen molar-refractivity contribution in [2.45, 2.75) is 143 Å². The standard InChI is InChI=1S/C32H56O12/c1-14-13-32(10,39)29(37)20(7)28(42-22(9)34)19(6)27(16(3)21(8)33)43-30(38)18(5)24(35)17(4)26(14)44-31-25(36)23(40-11)12-15(2)41-31/h14-21,23-28,31,33,35-36,39H,12-13H2,1-11H3/t14-,15+,16-,17-,18+,19-,20+,21+,23-,24-,25+,26?,27+,28-,31-,32-/m0/s1. The van der Waals surface area contributed by atoms with Crippen LogP contribution in [-0.2, 0) is 38.1 Å². The van der Waals surface area contributed by atoms with E-state index >= 15 is 0 Å². The highest BCUT2D eigenvalue weighted by Gasteiger charge is 2.49. The van der Waals surface area contributed by atoms with Crippen LogP contribution in [0.1, 0.15) is 82.1 Å².